The van der Waals surface area contributed by atoms with Crippen LogP contribution in [-0.4, -0.2) is 29.5 Å². The molecule has 0 aromatic heterocycles. The molecule has 1 aliphatic heterocycles. The lowest BCUT2D eigenvalue weighted by Crippen LogP contribution is -2.54. The molecule has 6 rings (SSSR count). The zero-order chi connectivity index (χ0) is 22.2. The molecule has 0 amide bonds. The molecule has 1 aromatic rings. The van der Waals surface area contributed by atoms with E-state index in [4.69, 9.17) is 9.47 Å². The summed E-state index contributed by atoms with van der Waals surface area (Å²) in [6.45, 7) is 7.42. The van der Waals surface area contributed by atoms with Crippen LogP contribution >= 0.6 is 11.8 Å². The van der Waals surface area contributed by atoms with Crippen LogP contribution in [-0.2, 0) is 14.3 Å². The lowest BCUT2D eigenvalue weighted by atomic mass is 9.45. The van der Waals surface area contributed by atoms with Gasteiger partial charge in [-0.15, -0.1) is 11.8 Å². The van der Waals surface area contributed by atoms with Gasteiger partial charge in [0.15, 0.2) is 11.6 Å². The van der Waals surface area contributed by atoms with Crippen molar-refractivity contribution in [1.29, 1.82) is 0 Å². The van der Waals surface area contributed by atoms with Crippen LogP contribution in [0.25, 0.3) is 0 Å². The number of fused-ring (bicyclic) bond motifs is 3. The molecule has 2 bridgehead atoms. The van der Waals surface area contributed by atoms with Crippen LogP contribution < -0.4 is 0 Å². The van der Waals surface area contributed by atoms with Gasteiger partial charge in [0.25, 0.3) is 0 Å². The predicted octanol–water partition coefficient (Wildman–Crippen LogP) is 6.57. The highest BCUT2D eigenvalue weighted by Crippen LogP contribution is 2.74. The molecule has 0 N–H and O–H groups in total. The Morgan fingerprint density at radius 2 is 1.84 bits per heavy atom. The Morgan fingerprint density at radius 1 is 1.03 bits per heavy atom. The molecular formula is C28H36O3S. The monoisotopic (exact) mass is 452 g/mol. The summed E-state index contributed by atoms with van der Waals surface area (Å²) < 4.78 is 12.7. The Kier molecular flexibility index (Phi) is 4.82. The minimum absolute atomic E-state index is 0.0806. The topological polar surface area (TPSA) is 35.5 Å². The SMILES string of the molecule is CC1(C)OC[C@]2(CC[C@]34C[C@H]2C[C@@H]3CCC2=C(CSc3ccccc3)C(=O)CC[C@@]24C)O1. The van der Waals surface area contributed by atoms with Gasteiger partial charge in [-0.1, -0.05) is 30.7 Å². The maximum atomic E-state index is 13.1. The van der Waals surface area contributed by atoms with E-state index in [-0.39, 0.29) is 11.0 Å². The van der Waals surface area contributed by atoms with E-state index in [0.717, 1.165) is 49.5 Å². The second kappa shape index (κ2) is 7.20. The van der Waals surface area contributed by atoms with Gasteiger partial charge in [-0.25, -0.2) is 0 Å². The number of hydrogen-bond acceptors (Lipinski definition) is 4. The average molecular weight is 453 g/mol. The molecule has 32 heavy (non-hydrogen) atoms. The van der Waals surface area contributed by atoms with Crippen molar-refractivity contribution in [3.63, 3.8) is 0 Å². The van der Waals surface area contributed by atoms with E-state index < -0.39 is 5.79 Å². The Labute approximate surface area is 196 Å². The second-order valence-electron chi connectivity index (χ2n) is 11.7. The Morgan fingerprint density at radius 3 is 2.59 bits per heavy atom. The first-order valence-corrected chi connectivity index (χ1v) is 13.5. The number of thioether (sulfide) groups is 1. The Bertz CT molecular complexity index is 968. The zero-order valence-corrected chi connectivity index (χ0v) is 20.6. The Hall–Kier alpha value is -1.10. The summed E-state index contributed by atoms with van der Waals surface area (Å²) in [5.74, 6) is 2.15. The third-order valence-electron chi connectivity index (χ3n) is 10.00. The van der Waals surface area contributed by atoms with Crippen molar-refractivity contribution in [2.75, 3.05) is 12.4 Å². The molecule has 3 nitrogen and oxygen atoms in total. The molecular weight excluding hydrogens is 416 g/mol. The molecule has 1 saturated heterocycles. The smallest absolute Gasteiger partial charge is 0.163 e. The van der Waals surface area contributed by atoms with Gasteiger partial charge >= 0.3 is 0 Å². The standard InChI is InChI=1S/C28H36O3S/c1-25(2)30-18-28(31-25)14-13-27-16-20(28)15-19(27)9-10-23-22(24(29)11-12-26(23,27)3)17-32-21-7-5-4-6-8-21/h4-8,19-20H,9-18H2,1-3H3/t19-,20+,26-,27-,28-/m0/s1. The van der Waals surface area contributed by atoms with Gasteiger partial charge in [0.1, 0.15) is 0 Å². The molecule has 4 aliphatic carbocycles. The molecule has 4 fully saturated rings. The van der Waals surface area contributed by atoms with E-state index in [0.29, 0.717) is 17.1 Å². The molecule has 2 spiro atoms. The van der Waals surface area contributed by atoms with E-state index in [2.05, 4.69) is 51.1 Å². The third kappa shape index (κ3) is 2.98. The highest BCUT2D eigenvalue weighted by molar-refractivity contribution is 7.99. The van der Waals surface area contributed by atoms with Crippen molar-refractivity contribution in [2.24, 2.45) is 22.7 Å². The summed E-state index contributed by atoms with van der Waals surface area (Å²) >= 11 is 1.83. The van der Waals surface area contributed by atoms with Gasteiger partial charge in [-0.05, 0) is 93.6 Å². The summed E-state index contributed by atoms with van der Waals surface area (Å²) in [4.78, 5) is 14.4. The Balaban J connectivity index is 1.33. The van der Waals surface area contributed by atoms with E-state index in [1.165, 1.54) is 36.2 Å². The highest BCUT2D eigenvalue weighted by Gasteiger charge is 2.68. The van der Waals surface area contributed by atoms with Gasteiger partial charge in [0, 0.05) is 22.6 Å². The number of carbonyl (C=O) groups is 1. The fourth-order valence-electron chi connectivity index (χ4n) is 8.42. The number of Topliss-reactive ketones (excluding diaryl/α,β-unsaturated/α-hetero) is 1. The summed E-state index contributed by atoms with van der Waals surface area (Å²) in [6.07, 6.45) is 9.00. The normalized spacial score (nSPS) is 42.3. The van der Waals surface area contributed by atoms with Crippen LogP contribution in [0.15, 0.2) is 46.4 Å². The number of carbonyl (C=O) groups excluding carboxylic acids is 1. The summed E-state index contributed by atoms with van der Waals surface area (Å²) in [7, 11) is 0. The van der Waals surface area contributed by atoms with Gasteiger partial charge in [-0.3, -0.25) is 4.79 Å². The fourth-order valence-corrected chi connectivity index (χ4v) is 9.42. The van der Waals surface area contributed by atoms with Crippen molar-refractivity contribution in [3.05, 3.63) is 41.5 Å². The first kappa shape index (κ1) is 21.4. The third-order valence-corrected chi connectivity index (χ3v) is 11.0. The molecule has 4 heteroatoms. The largest absolute Gasteiger partial charge is 0.347 e. The first-order chi connectivity index (χ1) is 15.3. The van der Waals surface area contributed by atoms with Crippen molar-refractivity contribution in [2.45, 2.75) is 88.4 Å². The summed E-state index contributed by atoms with van der Waals surface area (Å²) in [5.41, 5.74) is 3.11. The molecule has 172 valence electrons. The lowest BCUT2D eigenvalue weighted by molar-refractivity contribution is -0.185. The quantitative estimate of drug-likeness (QED) is 0.486. The number of rotatable bonds is 3. The molecule has 1 aromatic carbocycles. The predicted molar refractivity (Wildman–Crippen MR) is 128 cm³/mol. The molecule has 0 unspecified atom stereocenters. The van der Waals surface area contributed by atoms with Gasteiger partial charge in [0.05, 0.1) is 12.2 Å². The molecule has 1 heterocycles. The summed E-state index contributed by atoms with van der Waals surface area (Å²) in [6, 6.07) is 10.5. The lowest BCUT2D eigenvalue weighted by Gasteiger charge is -2.59. The maximum Gasteiger partial charge on any atom is 0.163 e. The number of allylic oxidation sites excluding steroid dienone is 1. The number of hydrogen-bond donors (Lipinski definition) is 0. The van der Waals surface area contributed by atoms with E-state index in [1.807, 2.05) is 11.8 Å². The molecule has 0 radical (unpaired) electrons. The number of benzene rings is 1. The maximum absolute atomic E-state index is 13.1. The van der Waals surface area contributed by atoms with Crippen LogP contribution in [0.4, 0.5) is 0 Å². The number of ketones is 1. The van der Waals surface area contributed by atoms with Crippen LogP contribution in [0, 0.1) is 22.7 Å². The molecule has 5 atom stereocenters. The van der Waals surface area contributed by atoms with Gasteiger partial charge in [0.2, 0.25) is 0 Å². The average Bonchev–Trinajstić information content (AvgIpc) is 3.28. The summed E-state index contributed by atoms with van der Waals surface area (Å²) in [5, 5.41) is 0. The minimum atomic E-state index is -0.452. The van der Waals surface area contributed by atoms with E-state index in [1.54, 1.807) is 0 Å². The van der Waals surface area contributed by atoms with E-state index in [9.17, 15) is 4.79 Å². The van der Waals surface area contributed by atoms with Crippen molar-refractivity contribution in [1.82, 2.24) is 0 Å². The second-order valence-corrected chi connectivity index (χ2v) is 12.7. The minimum Gasteiger partial charge on any atom is -0.347 e. The van der Waals surface area contributed by atoms with Crippen LogP contribution in [0.2, 0.25) is 0 Å². The first-order valence-electron chi connectivity index (χ1n) is 12.5. The van der Waals surface area contributed by atoms with Gasteiger partial charge < -0.3 is 9.47 Å². The van der Waals surface area contributed by atoms with Crippen LogP contribution in [0.3, 0.4) is 0 Å². The fraction of sp³-hybridized carbons (Fsp3) is 0.679. The van der Waals surface area contributed by atoms with Crippen LogP contribution in [0.5, 0.6) is 0 Å². The van der Waals surface area contributed by atoms with Crippen molar-refractivity contribution < 1.29 is 14.3 Å². The molecule has 3 saturated carbocycles. The zero-order valence-electron chi connectivity index (χ0n) is 19.7. The van der Waals surface area contributed by atoms with Crippen molar-refractivity contribution >= 4 is 17.5 Å². The number of ether oxygens (including phenoxy) is 2. The van der Waals surface area contributed by atoms with Crippen molar-refractivity contribution in [3.8, 4) is 0 Å². The van der Waals surface area contributed by atoms with E-state index >= 15 is 0 Å². The molecule has 5 aliphatic rings. The van der Waals surface area contributed by atoms with Crippen LogP contribution in [0.1, 0.15) is 72.1 Å². The highest BCUT2D eigenvalue weighted by atomic mass is 32.2. The van der Waals surface area contributed by atoms with Gasteiger partial charge in [-0.2, -0.15) is 0 Å².